The number of allylic oxidation sites excluding steroid dienone is 30. The fraction of sp³-hybridized carbons (Fsp3) is 0.556. The van der Waals surface area contributed by atoms with Crippen LogP contribution in [0.4, 0.5) is 0 Å². The molecule has 0 fully saturated rings. The number of hydrogen-bond donors (Lipinski definition) is 1. The standard InChI is InChI=1S/C72H114NO8P/c1-6-8-10-12-14-16-18-20-22-24-26-28-30-32-33-34-35-36-37-38-39-41-43-45-47-49-51-53-55-57-59-61-63-65-72(75)81-70(69-80-82(76,77)79-67-66-73(3,4)5)68-78-71(74)64-62-60-58-56-54-52-50-48-46-44-42-40-31-29-27-25-23-21-19-17-15-13-11-9-7-2/h8-11,14-17,20-23,26-29,32-33,35-36,38-40,42-43,45-46,48,52,54,70H,6-7,12-13,18-19,24-25,30-31,34,37,41,44,47,49-51,53,55-69H2,1-5H3/p+1/b10-8-,11-9-,16-14-,17-15-,22-20-,23-21-,28-26-,29-27-,33-32-,36-35-,39-38-,42-40-,45-43-,48-46-,54-52-. The summed E-state index contributed by atoms with van der Waals surface area (Å²) in [5, 5.41) is 0. The van der Waals surface area contributed by atoms with Crippen molar-refractivity contribution in [3.8, 4) is 0 Å². The van der Waals surface area contributed by atoms with Crippen molar-refractivity contribution in [3.63, 3.8) is 0 Å². The molecule has 0 aliphatic heterocycles. The third-order valence-electron chi connectivity index (χ3n) is 12.4. The molecule has 0 amide bonds. The average Bonchev–Trinajstić information content (AvgIpc) is 3.46. The number of hydrogen-bond acceptors (Lipinski definition) is 7. The van der Waals surface area contributed by atoms with E-state index in [0.717, 1.165) is 141 Å². The monoisotopic (exact) mass is 1150 g/mol. The number of carbonyl (C=O) groups excluding carboxylic acids is 2. The molecule has 10 heteroatoms. The van der Waals surface area contributed by atoms with Gasteiger partial charge in [0.15, 0.2) is 6.10 Å². The van der Waals surface area contributed by atoms with Gasteiger partial charge in [0.25, 0.3) is 0 Å². The molecule has 0 aliphatic carbocycles. The molecule has 0 bridgehead atoms. The number of ether oxygens (including phenoxy) is 2. The number of likely N-dealkylation sites (N-methyl/N-ethyl adjacent to an activating group) is 1. The van der Waals surface area contributed by atoms with Crippen LogP contribution < -0.4 is 0 Å². The summed E-state index contributed by atoms with van der Waals surface area (Å²) < 4.78 is 34.6. The normalized spacial score (nSPS) is 14.5. The summed E-state index contributed by atoms with van der Waals surface area (Å²) >= 11 is 0. The van der Waals surface area contributed by atoms with E-state index in [1.165, 1.54) is 25.7 Å². The summed E-state index contributed by atoms with van der Waals surface area (Å²) in [7, 11) is 1.42. The quantitative estimate of drug-likeness (QED) is 0.0211. The van der Waals surface area contributed by atoms with E-state index >= 15 is 0 Å². The second-order valence-corrected chi connectivity index (χ2v) is 22.8. The molecule has 0 spiro atoms. The molecule has 0 rings (SSSR count). The Balaban J connectivity index is 4.27. The number of esters is 2. The molecule has 0 heterocycles. The summed E-state index contributed by atoms with van der Waals surface area (Å²) in [6, 6.07) is 0. The van der Waals surface area contributed by atoms with Crippen LogP contribution in [0.15, 0.2) is 182 Å². The number of phosphoric ester groups is 1. The van der Waals surface area contributed by atoms with Crippen molar-refractivity contribution in [1.82, 2.24) is 0 Å². The van der Waals surface area contributed by atoms with Crippen LogP contribution in [-0.2, 0) is 32.7 Å². The zero-order chi connectivity index (χ0) is 59.8. The average molecular weight is 1150 g/mol. The molecule has 9 nitrogen and oxygen atoms in total. The van der Waals surface area contributed by atoms with Crippen LogP contribution in [0, 0.1) is 0 Å². The van der Waals surface area contributed by atoms with E-state index < -0.39 is 32.5 Å². The number of carbonyl (C=O) groups is 2. The maximum atomic E-state index is 12.9. The minimum absolute atomic E-state index is 0.0130. The molecule has 0 saturated carbocycles. The van der Waals surface area contributed by atoms with Gasteiger partial charge in [-0.3, -0.25) is 18.6 Å². The molecular formula is C72H115NO8P+. The van der Waals surface area contributed by atoms with Crippen LogP contribution in [0.25, 0.3) is 0 Å². The van der Waals surface area contributed by atoms with Crippen molar-refractivity contribution in [3.05, 3.63) is 182 Å². The van der Waals surface area contributed by atoms with Crippen molar-refractivity contribution in [1.29, 1.82) is 0 Å². The molecule has 0 radical (unpaired) electrons. The van der Waals surface area contributed by atoms with Gasteiger partial charge in [0.05, 0.1) is 27.7 Å². The van der Waals surface area contributed by atoms with Crippen molar-refractivity contribution >= 4 is 19.8 Å². The molecule has 0 saturated heterocycles. The Morgan fingerprint density at radius 1 is 0.378 bits per heavy atom. The van der Waals surface area contributed by atoms with Gasteiger partial charge in [-0.15, -0.1) is 0 Å². The predicted molar refractivity (Wildman–Crippen MR) is 352 cm³/mol. The Morgan fingerprint density at radius 2 is 0.659 bits per heavy atom. The zero-order valence-corrected chi connectivity index (χ0v) is 53.0. The maximum absolute atomic E-state index is 12.9. The topological polar surface area (TPSA) is 108 Å². The Labute approximate surface area is 501 Å². The summed E-state index contributed by atoms with van der Waals surface area (Å²) in [6.45, 7) is 4.12. The molecule has 2 unspecified atom stereocenters. The van der Waals surface area contributed by atoms with Crippen molar-refractivity contribution in [2.75, 3.05) is 47.5 Å². The molecule has 0 aliphatic rings. The fourth-order valence-corrected chi connectivity index (χ4v) is 8.40. The third-order valence-corrected chi connectivity index (χ3v) is 13.4. The molecular weight excluding hydrogens is 1040 g/mol. The van der Waals surface area contributed by atoms with Gasteiger partial charge in [-0.1, -0.05) is 241 Å². The Bertz CT molecular complexity index is 2030. The van der Waals surface area contributed by atoms with E-state index in [4.69, 9.17) is 18.5 Å². The van der Waals surface area contributed by atoms with E-state index in [-0.39, 0.29) is 26.1 Å². The zero-order valence-electron chi connectivity index (χ0n) is 52.1. The second-order valence-electron chi connectivity index (χ2n) is 21.3. The van der Waals surface area contributed by atoms with Crippen LogP contribution in [0.1, 0.15) is 206 Å². The SMILES string of the molecule is CC/C=C\C/C=C\C/C=C\C/C=C\C/C=C\C/C=C\C/C=C\C/C=C\CCCCCCCCCCC(=O)OC(COC(=O)CCCCC/C=C\C/C=C\C/C=C\C/C=C\C/C=C\C/C=C\C/C=C\CC)COP(=O)(O)OCC[N+](C)(C)C. The highest BCUT2D eigenvalue weighted by atomic mass is 31.2. The first-order chi connectivity index (χ1) is 40.0. The van der Waals surface area contributed by atoms with Crippen LogP contribution in [-0.4, -0.2) is 74.9 Å². The second kappa shape index (κ2) is 60.7. The molecule has 0 aromatic carbocycles. The van der Waals surface area contributed by atoms with Gasteiger partial charge in [0.1, 0.15) is 19.8 Å². The number of unbranched alkanes of at least 4 members (excludes halogenated alkanes) is 11. The minimum Gasteiger partial charge on any atom is -0.462 e. The van der Waals surface area contributed by atoms with Crippen molar-refractivity contribution < 1.29 is 42.1 Å². The van der Waals surface area contributed by atoms with E-state index in [2.05, 4.69) is 196 Å². The lowest BCUT2D eigenvalue weighted by Gasteiger charge is -2.24. The first-order valence-corrected chi connectivity index (χ1v) is 33.0. The summed E-state index contributed by atoms with van der Waals surface area (Å²) in [5.74, 6) is -0.862. The third kappa shape index (κ3) is 64.3. The Hall–Kier alpha value is -4.89. The molecule has 2 atom stereocenters. The lowest BCUT2D eigenvalue weighted by atomic mass is 10.1. The first kappa shape index (κ1) is 77.1. The van der Waals surface area contributed by atoms with Gasteiger partial charge in [0, 0.05) is 12.8 Å². The van der Waals surface area contributed by atoms with Gasteiger partial charge in [0.2, 0.25) is 0 Å². The highest BCUT2D eigenvalue weighted by Crippen LogP contribution is 2.43. The lowest BCUT2D eigenvalue weighted by molar-refractivity contribution is -0.870. The number of nitrogens with zero attached hydrogens (tertiary/aromatic N) is 1. The predicted octanol–water partition coefficient (Wildman–Crippen LogP) is 20.4. The minimum atomic E-state index is -4.42. The smallest absolute Gasteiger partial charge is 0.462 e. The number of rotatable bonds is 55. The summed E-state index contributed by atoms with van der Waals surface area (Å²) in [6.07, 6.45) is 93.9. The Kier molecular flexibility index (Phi) is 57.1. The van der Waals surface area contributed by atoms with Crippen LogP contribution in [0.2, 0.25) is 0 Å². The molecule has 0 aromatic heterocycles. The van der Waals surface area contributed by atoms with Gasteiger partial charge in [-0.05, 0) is 135 Å². The van der Waals surface area contributed by atoms with Crippen LogP contribution in [0.5, 0.6) is 0 Å². The highest BCUT2D eigenvalue weighted by molar-refractivity contribution is 7.47. The highest BCUT2D eigenvalue weighted by Gasteiger charge is 2.27. The molecule has 460 valence electrons. The van der Waals surface area contributed by atoms with Crippen molar-refractivity contribution in [2.24, 2.45) is 0 Å². The van der Waals surface area contributed by atoms with Gasteiger partial charge < -0.3 is 18.9 Å². The summed E-state index contributed by atoms with van der Waals surface area (Å²) in [5.41, 5.74) is 0. The molecule has 0 aromatic rings. The van der Waals surface area contributed by atoms with E-state index in [1.807, 2.05) is 21.1 Å². The summed E-state index contributed by atoms with van der Waals surface area (Å²) in [4.78, 5) is 35.8. The van der Waals surface area contributed by atoms with Gasteiger partial charge >= 0.3 is 19.8 Å². The van der Waals surface area contributed by atoms with E-state index in [0.29, 0.717) is 23.9 Å². The maximum Gasteiger partial charge on any atom is 0.472 e. The number of phosphoric acid groups is 1. The first-order valence-electron chi connectivity index (χ1n) is 31.5. The van der Waals surface area contributed by atoms with Crippen molar-refractivity contribution in [2.45, 2.75) is 213 Å². The fourth-order valence-electron chi connectivity index (χ4n) is 7.66. The largest absolute Gasteiger partial charge is 0.472 e. The van der Waals surface area contributed by atoms with Gasteiger partial charge in [-0.2, -0.15) is 0 Å². The van der Waals surface area contributed by atoms with Crippen LogP contribution >= 0.6 is 7.82 Å². The van der Waals surface area contributed by atoms with Gasteiger partial charge in [-0.25, -0.2) is 4.57 Å². The molecule has 82 heavy (non-hydrogen) atoms. The number of quaternary nitrogens is 1. The lowest BCUT2D eigenvalue weighted by Crippen LogP contribution is -2.37. The van der Waals surface area contributed by atoms with Crippen LogP contribution in [0.3, 0.4) is 0 Å². The molecule has 1 N–H and O–H groups in total. The Morgan fingerprint density at radius 3 is 0.988 bits per heavy atom. The van der Waals surface area contributed by atoms with E-state index in [1.54, 1.807) is 0 Å². The van der Waals surface area contributed by atoms with E-state index in [9.17, 15) is 19.0 Å².